The van der Waals surface area contributed by atoms with Crippen molar-refractivity contribution in [2.45, 2.75) is 32.1 Å². The molecule has 0 amide bonds. The molecule has 1 rings (SSSR count). The number of hydrogen-bond donors (Lipinski definition) is 1. The Labute approximate surface area is 116 Å². The Kier molecular flexibility index (Phi) is 6.58. The summed E-state index contributed by atoms with van der Waals surface area (Å²) in [6.07, 6.45) is 3.26. The highest BCUT2D eigenvalue weighted by atomic mass is 32.2. The molecule has 0 aliphatic carbocycles. The van der Waals surface area contributed by atoms with Gasteiger partial charge in [0.2, 0.25) is 0 Å². The van der Waals surface area contributed by atoms with Crippen molar-refractivity contribution in [2.75, 3.05) is 26.0 Å². The van der Waals surface area contributed by atoms with E-state index in [0.717, 1.165) is 25.4 Å². The molecule has 0 aromatic heterocycles. The second kappa shape index (κ2) is 7.70. The first-order chi connectivity index (χ1) is 8.53. The Morgan fingerprint density at radius 3 is 2.56 bits per heavy atom. The van der Waals surface area contributed by atoms with E-state index < -0.39 is 0 Å². The summed E-state index contributed by atoms with van der Waals surface area (Å²) in [5.41, 5.74) is 0.402. The van der Waals surface area contributed by atoms with Gasteiger partial charge in [0.05, 0.1) is 0 Å². The third kappa shape index (κ3) is 6.31. The number of thioether (sulfide) groups is 1. The average molecular weight is 267 g/mol. The first-order valence-corrected chi connectivity index (χ1v) is 7.72. The Morgan fingerprint density at radius 1 is 1.17 bits per heavy atom. The van der Waals surface area contributed by atoms with Gasteiger partial charge in [0.25, 0.3) is 0 Å². The third-order valence-electron chi connectivity index (χ3n) is 2.66. The maximum Gasteiger partial charge on any atom is 0.132 e. The molecule has 0 atom stereocenters. The predicted octanol–water partition coefficient (Wildman–Crippen LogP) is 3.81. The van der Waals surface area contributed by atoms with Gasteiger partial charge in [0.15, 0.2) is 0 Å². The van der Waals surface area contributed by atoms with Crippen molar-refractivity contribution < 1.29 is 4.74 Å². The van der Waals surface area contributed by atoms with Crippen LogP contribution in [-0.2, 0) is 0 Å². The summed E-state index contributed by atoms with van der Waals surface area (Å²) < 4.78 is 5.78. The van der Waals surface area contributed by atoms with E-state index in [4.69, 9.17) is 4.74 Å². The molecule has 0 radical (unpaired) electrons. The lowest BCUT2D eigenvalue weighted by atomic mass is 9.92. The number of hydrogen-bond acceptors (Lipinski definition) is 3. The van der Waals surface area contributed by atoms with Crippen molar-refractivity contribution in [1.29, 1.82) is 0 Å². The first kappa shape index (κ1) is 15.4. The van der Waals surface area contributed by atoms with Gasteiger partial charge in [0, 0.05) is 11.4 Å². The van der Waals surface area contributed by atoms with Gasteiger partial charge in [-0.25, -0.2) is 0 Å². The Morgan fingerprint density at radius 2 is 1.89 bits per heavy atom. The van der Waals surface area contributed by atoms with E-state index in [1.54, 1.807) is 11.8 Å². The van der Waals surface area contributed by atoms with Crippen molar-refractivity contribution >= 4 is 11.8 Å². The fourth-order valence-corrected chi connectivity index (χ4v) is 2.10. The molecule has 1 N–H and O–H groups in total. The quantitative estimate of drug-likeness (QED) is 0.599. The van der Waals surface area contributed by atoms with E-state index >= 15 is 0 Å². The molecule has 1 aromatic carbocycles. The third-order valence-corrected chi connectivity index (χ3v) is 3.43. The zero-order valence-corrected chi connectivity index (χ0v) is 12.8. The van der Waals surface area contributed by atoms with E-state index in [0.29, 0.717) is 5.41 Å². The molecule has 1 aromatic rings. The van der Waals surface area contributed by atoms with E-state index in [-0.39, 0.29) is 0 Å². The van der Waals surface area contributed by atoms with Crippen LogP contribution in [0.1, 0.15) is 27.2 Å². The van der Waals surface area contributed by atoms with Crippen LogP contribution in [0.3, 0.4) is 0 Å². The van der Waals surface area contributed by atoms with Gasteiger partial charge in [-0.15, -0.1) is 11.8 Å². The number of nitrogens with one attached hydrogen (secondary N) is 1. The van der Waals surface area contributed by atoms with Crippen LogP contribution in [-0.4, -0.2) is 26.0 Å². The minimum absolute atomic E-state index is 0.402. The highest BCUT2D eigenvalue weighted by Gasteiger charge is 2.08. The van der Waals surface area contributed by atoms with Crippen LogP contribution < -0.4 is 10.1 Å². The fourth-order valence-electron chi connectivity index (χ4n) is 1.56. The number of para-hydroxylation sites is 1. The van der Waals surface area contributed by atoms with Crippen LogP contribution in [0.2, 0.25) is 0 Å². The Hall–Kier alpha value is -0.670. The molecule has 18 heavy (non-hydrogen) atoms. The van der Waals surface area contributed by atoms with Gasteiger partial charge >= 0.3 is 0 Å². The number of ether oxygens (including phenoxy) is 1. The second-order valence-electron chi connectivity index (χ2n) is 5.56. The normalized spacial score (nSPS) is 11.6. The Balaban J connectivity index is 2.18. The van der Waals surface area contributed by atoms with Crippen molar-refractivity contribution in [1.82, 2.24) is 5.32 Å². The minimum Gasteiger partial charge on any atom is -0.491 e. The van der Waals surface area contributed by atoms with Crippen LogP contribution in [0.15, 0.2) is 29.2 Å². The highest BCUT2D eigenvalue weighted by molar-refractivity contribution is 7.98. The van der Waals surface area contributed by atoms with E-state index in [1.165, 1.54) is 11.3 Å². The molecular formula is C15H25NOS. The minimum atomic E-state index is 0.402. The largest absolute Gasteiger partial charge is 0.491 e. The summed E-state index contributed by atoms with van der Waals surface area (Å²) in [6.45, 7) is 9.47. The van der Waals surface area contributed by atoms with Crippen LogP contribution >= 0.6 is 11.8 Å². The molecule has 0 bridgehead atoms. The maximum absolute atomic E-state index is 5.78. The van der Waals surface area contributed by atoms with Crippen molar-refractivity contribution in [3.63, 3.8) is 0 Å². The summed E-state index contributed by atoms with van der Waals surface area (Å²) in [7, 11) is 0. The SMILES string of the molecule is CSc1ccccc1OCCNCCC(C)(C)C. The molecule has 102 valence electrons. The summed E-state index contributed by atoms with van der Waals surface area (Å²) in [4.78, 5) is 1.20. The van der Waals surface area contributed by atoms with E-state index in [9.17, 15) is 0 Å². The summed E-state index contributed by atoms with van der Waals surface area (Å²) >= 11 is 1.72. The number of benzene rings is 1. The molecule has 2 nitrogen and oxygen atoms in total. The van der Waals surface area contributed by atoms with Gasteiger partial charge < -0.3 is 10.1 Å². The summed E-state index contributed by atoms with van der Waals surface area (Å²) in [6, 6.07) is 8.18. The van der Waals surface area contributed by atoms with Gasteiger partial charge in [-0.2, -0.15) is 0 Å². The second-order valence-corrected chi connectivity index (χ2v) is 6.41. The molecule has 3 heteroatoms. The Bertz CT molecular complexity index is 347. The lowest BCUT2D eigenvalue weighted by molar-refractivity contribution is 0.298. The predicted molar refractivity (Wildman–Crippen MR) is 80.7 cm³/mol. The van der Waals surface area contributed by atoms with Gasteiger partial charge in [-0.1, -0.05) is 32.9 Å². The summed E-state index contributed by atoms with van der Waals surface area (Å²) in [5, 5.41) is 3.42. The molecule has 0 fully saturated rings. The van der Waals surface area contributed by atoms with E-state index in [1.807, 2.05) is 18.2 Å². The molecule has 0 aliphatic heterocycles. The van der Waals surface area contributed by atoms with Crippen LogP contribution in [0.25, 0.3) is 0 Å². The molecule has 0 unspecified atom stereocenters. The molecule has 0 spiro atoms. The smallest absolute Gasteiger partial charge is 0.132 e. The highest BCUT2D eigenvalue weighted by Crippen LogP contribution is 2.26. The molecule has 0 aliphatic rings. The molecule has 0 saturated heterocycles. The molecule has 0 saturated carbocycles. The first-order valence-electron chi connectivity index (χ1n) is 6.49. The number of rotatable bonds is 7. The van der Waals surface area contributed by atoms with Crippen molar-refractivity contribution in [3.8, 4) is 5.75 Å². The maximum atomic E-state index is 5.78. The van der Waals surface area contributed by atoms with Crippen LogP contribution in [0, 0.1) is 5.41 Å². The van der Waals surface area contributed by atoms with Gasteiger partial charge in [-0.05, 0) is 36.8 Å². The van der Waals surface area contributed by atoms with Gasteiger partial charge in [-0.3, -0.25) is 0 Å². The van der Waals surface area contributed by atoms with Crippen molar-refractivity contribution in [3.05, 3.63) is 24.3 Å². The monoisotopic (exact) mass is 267 g/mol. The zero-order chi connectivity index (χ0) is 13.4. The fraction of sp³-hybridized carbons (Fsp3) is 0.600. The topological polar surface area (TPSA) is 21.3 Å². The van der Waals surface area contributed by atoms with Gasteiger partial charge in [0.1, 0.15) is 12.4 Å². The molecular weight excluding hydrogens is 242 g/mol. The van der Waals surface area contributed by atoms with E-state index in [2.05, 4.69) is 38.4 Å². The lowest BCUT2D eigenvalue weighted by Crippen LogP contribution is -2.25. The molecule has 0 heterocycles. The van der Waals surface area contributed by atoms with Crippen LogP contribution in [0.5, 0.6) is 5.75 Å². The van der Waals surface area contributed by atoms with Crippen molar-refractivity contribution in [2.24, 2.45) is 5.41 Å². The van der Waals surface area contributed by atoms with Crippen LogP contribution in [0.4, 0.5) is 0 Å². The average Bonchev–Trinajstić information content (AvgIpc) is 2.32. The standard InChI is InChI=1S/C15H25NOS/c1-15(2,3)9-10-16-11-12-17-13-7-5-6-8-14(13)18-4/h5-8,16H,9-12H2,1-4H3. The lowest BCUT2D eigenvalue weighted by Gasteiger charge is -2.18. The zero-order valence-electron chi connectivity index (χ0n) is 12.0. The summed E-state index contributed by atoms with van der Waals surface area (Å²) in [5.74, 6) is 0.989.